The lowest BCUT2D eigenvalue weighted by molar-refractivity contribution is 0.0185. The zero-order chi connectivity index (χ0) is 27.1. The van der Waals surface area contributed by atoms with Crippen LogP contribution in [0.4, 0.5) is 4.79 Å². The third kappa shape index (κ3) is 4.96. The molecule has 198 valence electrons. The second kappa shape index (κ2) is 9.75. The molecule has 0 radical (unpaired) electrons. The number of pyridine rings is 1. The summed E-state index contributed by atoms with van der Waals surface area (Å²) in [6.45, 7) is 10.7. The van der Waals surface area contributed by atoms with Crippen LogP contribution in [0.5, 0.6) is 0 Å². The lowest BCUT2D eigenvalue weighted by atomic mass is 10.1. The molecular weight excluding hydrogens is 502 g/mol. The van der Waals surface area contributed by atoms with Crippen molar-refractivity contribution in [1.29, 1.82) is 0 Å². The monoisotopic (exact) mass is 533 g/mol. The summed E-state index contributed by atoms with van der Waals surface area (Å²) in [5.74, 6) is 0. The van der Waals surface area contributed by atoms with E-state index in [9.17, 15) is 13.2 Å². The average Bonchev–Trinajstić information content (AvgIpc) is 3.53. The predicted molar refractivity (Wildman–Crippen MR) is 146 cm³/mol. The highest BCUT2D eigenvalue weighted by Crippen LogP contribution is 2.31. The van der Waals surface area contributed by atoms with E-state index in [2.05, 4.69) is 16.7 Å². The van der Waals surface area contributed by atoms with Crippen LogP contribution in [0.25, 0.3) is 28.2 Å². The summed E-state index contributed by atoms with van der Waals surface area (Å²) in [4.78, 5) is 18.9. The fourth-order valence-electron chi connectivity index (χ4n) is 4.64. The molecule has 0 saturated carbocycles. The molecule has 3 aromatic heterocycles. The maximum absolute atomic E-state index is 13.3. The van der Waals surface area contributed by atoms with Crippen LogP contribution >= 0.6 is 0 Å². The first-order valence-electron chi connectivity index (χ1n) is 12.5. The molecular formula is C28H31N5O4S. The number of carbonyl (C=O) groups excluding carboxylic acids is 1. The Hall–Kier alpha value is -3.92. The van der Waals surface area contributed by atoms with Gasteiger partial charge in [-0.2, -0.15) is 5.10 Å². The van der Waals surface area contributed by atoms with Crippen LogP contribution in [0.2, 0.25) is 0 Å². The SMILES string of the molecule is C=Cc1cn(S(=O)(=O)c2ccccc2)c2ncc(-c3cnn(C4CCN(C(=O)OC(C)(C)C)CC4)c3)cc12. The number of ether oxygens (including phenoxy) is 1. The van der Waals surface area contributed by atoms with Crippen molar-refractivity contribution in [3.63, 3.8) is 0 Å². The number of hydrogen-bond acceptors (Lipinski definition) is 6. The van der Waals surface area contributed by atoms with Crippen LogP contribution in [0.1, 0.15) is 45.2 Å². The van der Waals surface area contributed by atoms with E-state index in [0.717, 1.165) is 24.0 Å². The molecule has 1 amide bonds. The molecule has 0 N–H and O–H groups in total. The predicted octanol–water partition coefficient (Wildman–Crippen LogP) is 5.35. The second-order valence-corrected chi connectivity index (χ2v) is 12.2. The van der Waals surface area contributed by atoms with Crippen LogP contribution in [0.3, 0.4) is 0 Å². The molecule has 9 nitrogen and oxygen atoms in total. The van der Waals surface area contributed by atoms with Crippen molar-refractivity contribution in [2.45, 2.75) is 50.2 Å². The van der Waals surface area contributed by atoms with Crippen LogP contribution in [-0.2, 0) is 14.8 Å². The molecule has 0 atom stereocenters. The summed E-state index contributed by atoms with van der Waals surface area (Å²) in [6, 6.07) is 10.4. The molecule has 1 aliphatic rings. The van der Waals surface area contributed by atoms with E-state index in [1.807, 2.05) is 37.7 Å². The van der Waals surface area contributed by atoms with Gasteiger partial charge in [0.25, 0.3) is 10.0 Å². The van der Waals surface area contributed by atoms with Crippen molar-refractivity contribution < 1.29 is 17.9 Å². The number of amides is 1. The number of benzene rings is 1. The van der Waals surface area contributed by atoms with Gasteiger partial charge < -0.3 is 9.64 Å². The Morgan fingerprint density at radius 2 is 1.79 bits per heavy atom. The Bertz CT molecular complexity index is 1590. The van der Waals surface area contributed by atoms with Crippen molar-refractivity contribution >= 4 is 33.2 Å². The Morgan fingerprint density at radius 1 is 1.08 bits per heavy atom. The summed E-state index contributed by atoms with van der Waals surface area (Å²) < 4.78 is 35.2. The van der Waals surface area contributed by atoms with Gasteiger partial charge in [-0.25, -0.2) is 22.2 Å². The van der Waals surface area contributed by atoms with E-state index >= 15 is 0 Å². The summed E-state index contributed by atoms with van der Waals surface area (Å²) >= 11 is 0. The minimum absolute atomic E-state index is 0.167. The van der Waals surface area contributed by atoms with Gasteiger partial charge in [-0.05, 0) is 51.8 Å². The van der Waals surface area contributed by atoms with Crippen LogP contribution in [0, 0.1) is 0 Å². The first-order chi connectivity index (χ1) is 18.1. The zero-order valence-electron chi connectivity index (χ0n) is 21.7. The molecule has 4 heterocycles. The van der Waals surface area contributed by atoms with Crippen molar-refractivity contribution in [2.75, 3.05) is 13.1 Å². The fourth-order valence-corrected chi connectivity index (χ4v) is 5.99. The molecule has 0 unspecified atom stereocenters. The first kappa shape index (κ1) is 25.7. The van der Waals surface area contributed by atoms with E-state index in [4.69, 9.17) is 4.74 Å². The van der Waals surface area contributed by atoms with Crippen molar-refractivity contribution in [3.8, 4) is 11.1 Å². The third-order valence-electron chi connectivity index (χ3n) is 6.59. The van der Waals surface area contributed by atoms with E-state index in [0.29, 0.717) is 29.7 Å². The lowest BCUT2D eigenvalue weighted by Crippen LogP contribution is -2.42. The first-order valence-corrected chi connectivity index (χ1v) is 14.0. The van der Waals surface area contributed by atoms with Gasteiger partial charge in [0.05, 0.1) is 17.1 Å². The maximum atomic E-state index is 13.3. The van der Waals surface area contributed by atoms with Gasteiger partial charge in [0.15, 0.2) is 5.65 Å². The fraction of sp³-hybridized carbons (Fsp3) is 0.321. The maximum Gasteiger partial charge on any atom is 0.410 e. The van der Waals surface area contributed by atoms with Gasteiger partial charge in [0.1, 0.15) is 5.60 Å². The van der Waals surface area contributed by atoms with Gasteiger partial charge in [-0.15, -0.1) is 0 Å². The number of fused-ring (bicyclic) bond motifs is 1. The Kier molecular flexibility index (Phi) is 6.60. The molecule has 0 bridgehead atoms. The molecule has 1 aliphatic heterocycles. The molecule has 1 saturated heterocycles. The largest absolute Gasteiger partial charge is 0.444 e. The van der Waals surface area contributed by atoms with E-state index in [-0.39, 0.29) is 17.0 Å². The summed E-state index contributed by atoms with van der Waals surface area (Å²) in [6.07, 6.45) is 9.88. The highest BCUT2D eigenvalue weighted by Gasteiger charge is 2.28. The summed E-state index contributed by atoms with van der Waals surface area (Å²) in [5.41, 5.74) is 2.21. The Balaban J connectivity index is 1.38. The van der Waals surface area contributed by atoms with Crippen LogP contribution < -0.4 is 0 Å². The van der Waals surface area contributed by atoms with Gasteiger partial charge >= 0.3 is 6.09 Å². The minimum Gasteiger partial charge on any atom is -0.444 e. The van der Waals surface area contributed by atoms with Gasteiger partial charge in [-0.1, -0.05) is 30.9 Å². The number of aromatic nitrogens is 4. The van der Waals surface area contributed by atoms with E-state index in [1.165, 1.54) is 3.97 Å². The number of rotatable bonds is 5. The normalized spacial score (nSPS) is 15.1. The Morgan fingerprint density at radius 3 is 2.45 bits per heavy atom. The van der Waals surface area contributed by atoms with Crippen molar-refractivity contribution in [1.82, 2.24) is 23.6 Å². The standard InChI is InChI=1S/C28H31N5O4S/c1-5-20-19-33(38(35,36)24-9-7-6-8-10-24)26-25(20)15-21(16-29-26)22-17-30-32(18-22)23-11-13-31(14-12-23)27(34)37-28(2,3)4/h5-10,15-19,23H,1,11-14H2,2-4H3. The molecule has 1 aromatic carbocycles. The van der Waals surface area contributed by atoms with E-state index in [1.54, 1.807) is 59.9 Å². The van der Waals surface area contributed by atoms with Crippen molar-refractivity contribution in [2.24, 2.45) is 0 Å². The van der Waals surface area contributed by atoms with E-state index < -0.39 is 15.6 Å². The zero-order valence-corrected chi connectivity index (χ0v) is 22.6. The lowest BCUT2D eigenvalue weighted by Gasteiger charge is -2.33. The quantitative estimate of drug-likeness (QED) is 0.343. The van der Waals surface area contributed by atoms with Crippen LogP contribution in [-0.4, -0.2) is 56.8 Å². The Labute approximate surface area is 222 Å². The third-order valence-corrected chi connectivity index (χ3v) is 8.25. The summed E-state index contributed by atoms with van der Waals surface area (Å²) in [5, 5.41) is 5.28. The molecule has 1 fully saturated rings. The molecule has 0 spiro atoms. The molecule has 0 aliphatic carbocycles. The average molecular weight is 534 g/mol. The molecule has 10 heteroatoms. The van der Waals surface area contributed by atoms with Crippen LogP contribution in [0.15, 0.2) is 72.7 Å². The number of piperidine rings is 1. The molecule has 38 heavy (non-hydrogen) atoms. The minimum atomic E-state index is -3.81. The van der Waals surface area contributed by atoms with Gasteiger partial charge in [0, 0.05) is 53.8 Å². The van der Waals surface area contributed by atoms with Crippen molar-refractivity contribution in [3.05, 3.63) is 73.3 Å². The summed E-state index contributed by atoms with van der Waals surface area (Å²) in [7, 11) is -3.81. The molecule has 5 rings (SSSR count). The van der Waals surface area contributed by atoms with Gasteiger partial charge in [0.2, 0.25) is 0 Å². The second-order valence-electron chi connectivity index (χ2n) is 10.4. The smallest absolute Gasteiger partial charge is 0.410 e. The van der Waals surface area contributed by atoms with Gasteiger partial charge in [-0.3, -0.25) is 4.68 Å². The highest BCUT2D eigenvalue weighted by molar-refractivity contribution is 7.90. The number of likely N-dealkylation sites (tertiary alicyclic amines) is 1. The molecule has 4 aromatic rings. The number of carbonyl (C=O) groups is 1. The highest BCUT2D eigenvalue weighted by atomic mass is 32.2. The topological polar surface area (TPSA) is 99.3 Å². The number of hydrogen-bond donors (Lipinski definition) is 0. The number of nitrogens with zero attached hydrogens (tertiary/aromatic N) is 5.